The molecule has 0 aliphatic rings. The Balaban J connectivity index is 2.01. The lowest BCUT2D eigenvalue weighted by Crippen LogP contribution is -1.97. The average Bonchev–Trinajstić information content (AvgIpc) is 2.92. The highest BCUT2D eigenvalue weighted by atomic mass is 16.4. The second-order valence-electron chi connectivity index (χ2n) is 4.94. The van der Waals surface area contributed by atoms with Crippen molar-refractivity contribution in [3.8, 4) is 0 Å². The number of para-hydroxylation sites is 1. The van der Waals surface area contributed by atoms with E-state index in [2.05, 4.69) is 29.8 Å². The van der Waals surface area contributed by atoms with Crippen LogP contribution in [0, 0.1) is 13.8 Å². The third-order valence-electron chi connectivity index (χ3n) is 3.51. The van der Waals surface area contributed by atoms with Crippen molar-refractivity contribution in [1.29, 1.82) is 0 Å². The van der Waals surface area contributed by atoms with Gasteiger partial charge in [-0.15, -0.1) is 0 Å². The van der Waals surface area contributed by atoms with E-state index in [4.69, 9.17) is 9.52 Å². The number of carboxylic acids is 1. The quantitative estimate of drug-likeness (QED) is 0.790. The van der Waals surface area contributed by atoms with Gasteiger partial charge in [-0.2, -0.15) is 0 Å². The van der Waals surface area contributed by atoms with Crippen molar-refractivity contribution in [2.75, 3.05) is 0 Å². The van der Waals surface area contributed by atoms with Crippen LogP contribution in [0.3, 0.4) is 0 Å². The second-order valence-corrected chi connectivity index (χ2v) is 4.94. The lowest BCUT2D eigenvalue weighted by atomic mass is 10.2. The highest BCUT2D eigenvalue weighted by molar-refractivity contribution is 5.89. The minimum Gasteiger partial charge on any atom is -0.478 e. The van der Waals surface area contributed by atoms with Crippen molar-refractivity contribution in [3.05, 3.63) is 59.2 Å². The summed E-state index contributed by atoms with van der Waals surface area (Å²) in [4.78, 5) is 11.0. The molecule has 2 aromatic heterocycles. The summed E-state index contributed by atoms with van der Waals surface area (Å²) >= 11 is 0. The molecule has 0 atom stereocenters. The molecule has 0 bridgehead atoms. The van der Waals surface area contributed by atoms with Crippen LogP contribution in [0.4, 0.5) is 0 Å². The highest BCUT2D eigenvalue weighted by Gasteiger charge is 2.14. The smallest absolute Gasteiger partial charge is 0.339 e. The summed E-state index contributed by atoms with van der Waals surface area (Å²) in [6, 6.07) is 9.74. The molecule has 102 valence electrons. The first-order chi connectivity index (χ1) is 9.56. The largest absolute Gasteiger partial charge is 0.478 e. The third-order valence-corrected chi connectivity index (χ3v) is 3.51. The van der Waals surface area contributed by atoms with Crippen LogP contribution in [0.15, 0.2) is 40.9 Å². The normalized spacial score (nSPS) is 11.1. The first-order valence-corrected chi connectivity index (χ1v) is 6.43. The number of benzene rings is 1. The number of hydrogen-bond acceptors (Lipinski definition) is 2. The second kappa shape index (κ2) is 4.56. The predicted octanol–water partition coefficient (Wildman–Crippen LogP) is 3.60. The summed E-state index contributed by atoms with van der Waals surface area (Å²) in [5, 5.41) is 10.3. The molecular formula is C16H15NO3. The number of rotatable bonds is 3. The summed E-state index contributed by atoms with van der Waals surface area (Å²) in [7, 11) is 0. The van der Waals surface area contributed by atoms with E-state index >= 15 is 0 Å². The topological polar surface area (TPSA) is 55.4 Å². The van der Waals surface area contributed by atoms with Gasteiger partial charge >= 0.3 is 5.97 Å². The van der Waals surface area contributed by atoms with Crippen LogP contribution in [0.2, 0.25) is 0 Å². The maximum atomic E-state index is 11.0. The minimum atomic E-state index is -0.953. The molecule has 0 aliphatic heterocycles. The summed E-state index contributed by atoms with van der Waals surface area (Å²) in [5.41, 5.74) is 2.55. The Labute approximate surface area is 116 Å². The van der Waals surface area contributed by atoms with E-state index in [9.17, 15) is 4.79 Å². The van der Waals surface area contributed by atoms with Crippen molar-refractivity contribution in [2.45, 2.75) is 20.4 Å². The number of furan rings is 1. The minimum absolute atomic E-state index is 0.230. The van der Waals surface area contributed by atoms with Crippen LogP contribution in [0.1, 0.15) is 27.4 Å². The standard InChI is InChI=1S/C16H15NO3/c1-10-8-17(15-6-4-3-5-13(10)15)9-12-7-14(16(18)19)11(2)20-12/h3-8H,9H2,1-2H3,(H,18,19). The number of carboxylic acid groups (broad SMARTS) is 1. The first-order valence-electron chi connectivity index (χ1n) is 6.43. The Kier molecular flexibility index (Phi) is 2.86. The van der Waals surface area contributed by atoms with E-state index in [0.29, 0.717) is 18.1 Å². The summed E-state index contributed by atoms with van der Waals surface area (Å²) < 4.78 is 7.61. The number of fused-ring (bicyclic) bond motifs is 1. The monoisotopic (exact) mass is 269 g/mol. The molecule has 0 saturated carbocycles. The molecule has 0 aliphatic carbocycles. The number of hydrogen-bond donors (Lipinski definition) is 1. The van der Waals surface area contributed by atoms with Gasteiger partial charge in [-0.25, -0.2) is 4.79 Å². The molecule has 0 spiro atoms. The van der Waals surface area contributed by atoms with E-state index in [1.807, 2.05) is 12.1 Å². The van der Waals surface area contributed by atoms with E-state index in [-0.39, 0.29) is 5.56 Å². The highest BCUT2D eigenvalue weighted by Crippen LogP contribution is 2.23. The molecule has 1 aromatic carbocycles. The Morgan fingerprint density at radius 2 is 2.05 bits per heavy atom. The zero-order chi connectivity index (χ0) is 14.3. The van der Waals surface area contributed by atoms with Gasteiger partial charge in [0, 0.05) is 17.1 Å². The first kappa shape index (κ1) is 12.5. The number of aromatic carboxylic acids is 1. The van der Waals surface area contributed by atoms with Gasteiger partial charge in [-0.05, 0) is 31.5 Å². The zero-order valence-electron chi connectivity index (χ0n) is 11.4. The van der Waals surface area contributed by atoms with Crippen LogP contribution < -0.4 is 0 Å². The van der Waals surface area contributed by atoms with E-state index in [1.54, 1.807) is 13.0 Å². The number of nitrogens with zero attached hydrogens (tertiary/aromatic N) is 1. The molecule has 2 heterocycles. The Morgan fingerprint density at radius 1 is 1.30 bits per heavy atom. The van der Waals surface area contributed by atoms with Crippen LogP contribution in [-0.2, 0) is 6.54 Å². The fraction of sp³-hybridized carbons (Fsp3) is 0.188. The summed E-state index contributed by atoms with van der Waals surface area (Å²) in [5.74, 6) is 0.146. The fourth-order valence-electron chi connectivity index (χ4n) is 2.56. The average molecular weight is 269 g/mol. The van der Waals surface area contributed by atoms with Crippen molar-refractivity contribution < 1.29 is 14.3 Å². The molecule has 0 fully saturated rings. The molecule has 20 heavy (non-hydrogen) atoms. The molecule has 3 rings (SSSR count). The lowest BCUT2D eigenvalue weighted by Gasteiger charge is -2.02. The molecule has 4 heteroatoms. The SMILES string of the molecule is Cc1oc(Cn2cc(C)c3ccccc32)cc1C(=O)O. The van der Waals surface area contributed by atoms with Crippen LogP contribution in [-0.4, -0.2) is 15.6 Å². The Bertz CT molecular complexity index is 795. The molecule has 0 amide bonds. The van der Waals surface area contributed by atoms with Gasteiger partial charge in [0.05, 0.1) is 6.54 Å². The van der Waals surface area contributed by atoms with E-state index in [0.717, 1.165) is 5.52 Å². The summed E-state index contributed by atoms with van der Waals surface area (Å²) in [6.45, 7) is 4.27. The molecule has 0 unspecified atom stereocenters. The van der Waals surface area contributed by atoms with Gasteiger partial charge in [0.15, 0.2) is 0 Å². The van der Waals surface area contributed by atoms with Gasteiger partial charge in [0.1, 0.15) is 17.1 Å². The molecule has 1 N–H and O–H groups in total. The van der Waals surface area contributed by atoms with Crippen molar-refractivity contribution in [1.82, 2.24) is 4.57 Å². The maximum absolute atomic E-state index is 11.0. The molecule has 3 aromatic rings. The maximum Gasteiger partial charge on any atom is 0.339 e. The number of aryl methyl sites for hydroxylation is 2. The summed E-state index contributed by atoms with van der Waals surface area (Å²) in [6.07, 6.45) is 2.06. The Hall–Kier alpha value is -2.49. The fourth-order valence-corrected chi connectivity index (χ4v) is 2.56. The van der Waals surface area contributed by atoms with Gasteiger partial charge in [0.25, 0.3) is 0 Å². The van der Waals surface area contributed by atoms with Gasteiger partial charge < -0.3 is 14.1 Å². The molecule has 0 radical (unpaired) electrons. The lowest BCUT2D eigenvalue weighted by molar-refractivity contribution is 0.0695. The van der Waals surface area contributed by atoms with Crippen LogP contribution in [0.25, 0.3) is 10.9 Å². The van der Waals surface area contributed by atoms with Crippen molar-refractivity contribution in [3.63, 3.8) is 0 Å². The molecule has 4 nitrogen and oxygen atoms in total. The van der Waals surface area contributed by atoms with Gasteiger partial charge in [-0.1, -0.05) is 18.2 Å². The van der Waals surface area contributed by atoms with Gasteiger partial charge in [-0.3, -0.25) is 0 Å². The number of aromatic nitrogens is 1. The van der Waals surface area contributed by atoms with Crippen LogP contribution in [0.5, 0.6) is 0 Å². The van der Waals surface area contributed by atoms with E-state index < -0.39 is 5.97 Å². The third kappa shape index (κ3) is 1.99. The molecular weight excluding hydrogens is 254 g/mol. The zero-order valence-corrected chi connectivity index (χ0v) is 11.4. The number of carbonyl (C=O) groups is 1. The van der Waals surface area contributed by atoms with Crippen molar-refractivity contribution >= 4 is 16.9 Å². The van der Waals surface area contributed by atoms with Gasteiger partial charge in [0.2, 0.25) is 0 Å². The predicted molar refractivity (Wildman–Crippen MR) is 76.2 cm³/mol. The Morgan fingerprint density at radius 3 is 2.75 bits per heavy atom. The van der Waals surface area contributed by atoms with E-state index in [1.165, 1.54) is 10.9 Å². The molecule has 0 saturated heterocycles. The van der Waals surface area contributed by atoms with Crippen LogP contribution >= 0.6 is 0 Å². The van der Waals surface area contributed by atoms with Crippen molar-refractivity contribution in [2.24, 2.45) is 0 Å².